The Bertz CT molecular complexity index is 1310. The first-order chi connectivity index (χ1) is 17.1. The van der Waals surface area contributed by atoms with E-state index in [1.54, 1.807) is 38.1 Å². The topological polar surface area (TPSA) is 90.4 Å². The zero-order valence-electron chi connectivity index (χ0n) is 19.5. The number of hydrogen-bond donors (Lipinski definition) is 1. The SMILES string of the molecule is CCOC(=O)c1ccc(Nc2nnc(-c3ccccc3)c(-c3ccccc3)c2C(=O)OCC)cc1. The molecule has 4 aromatic rings. The highest BCUT2D eigenvalue weighted by Crippen LogP contribution is 2.37. The minimum absolute atomic E-state index is 0.212. The van der Waals surface area contributed by atoms with Crippen LogP contribution in [0.1, 0.15) is 34.6 Å². The molecule has 7 nitrogen and oxygen atoms in total. The van der Waals surface area contributed by atoms with Gasteiger partial charge in [-0.05, 0) is 43.7 Å². The number of carbonyl (C=O) groups is 2. The molecule has 1 aromatic heterocycles. The number of aromatic nitrogens is 2. The molecule has 0 saturated heterocycles. The Balaban J connectivity index is 1.85. The lowest BCUT2D eigenvalue weighted by molar-refractivity contribution is 0.0517. The van der Waals surface area contributed by atoms with Gasteiger partial charge in [-0.3, -0.25) is 0 Å². The van der Waals surface area contributed by atoms with Crippen LogP contribution in [0.4, 0.5) is 11.5 Å². The molecule has 0 atom stereocenters. The average molecular weight is 468 g/mol. The van der Waals surface area contributed by atoms with Crippen molar-refractivity contribution in [3.05, 3.63) is 96.1 Å². The molecule has 4 rings (SSSR count). The molecule has 0 aliphatic rings. The fraction of sp³-hybridized carbons (Fsp3) is 0.143. The Hall–Kier alpha value is -4.52. The molecule has 0 radical (unpaired) electrons. The van der Waals surface area contributed by atoms with Crippen LogP contribution in [0, 0.1) is 0 Å². The summed E-state index contributed by atoms with van der Waals surface area (Å²) in [6.07, 6.45) is 0. The molecule has 0 unspecified atom stereocenters. The van der Waals surface area contributed by atoms with Gasteiger partial charge in [-0.15, -0.1) is 10.2 Å². The first-order valence-corrected chi connectivity index (χ1v) is 11.3. The highest BCUT2D eigenvalue weighted by atomic mass is 16.5. The molecular weight excluding hydrogens is 442 g/mol. The molecule has 1 heterocycles. The first kappa shape index (κ1) is 23.6. The van der Waals surface area contributed by atoms with Gasteiger partial charge in [0.1, 0.15) is 11.3 Å². The third-order valence-corrected chi connectivity index (χ3v) is 5.22. The van der Waals surface area contributed by atoms with Crippen LogP contribution in [-0.2, 0) is 9.47 Å². The van der Waals surface area contributed by atoms with Gasteiger partial charge in [0, 0.05) is 16.8 Å². The van der Waals surface area contributed by atoms with Crippen molar-refractivity contribution in [1.29, 1.82) is 0 Å². The molecule has 35 heavy (non-hydrogen) atoms. The standard InChI is InChI=1S/C28H25N3O4/c1-3-34-27(32)21-15-17-22(18-16-21)29-26-24(28(33)35-4-2)23(19-11-7-5-8-12-19)25(30-31-26)20-13-9-6-10-14-20/h5-18H,3-4H2,1-2H3,(H,29,31). The lowest BCUT2D eigenvalue weighted by Crippen LogP contribution is -2.14. The fourth-order valence-corrected chi connectivity index (χ4v) is 3.65. The van der Waals surface area contributed by atoms with E-state index in [1.807, 2.05) is 60.7 Å². The number of ether oxygens (including phenoxy) is 2. The van der Waals surface area contributed by atoms with Gasteiger partial charge in [0.15, 0.2) is 5.82 Å². The van der Waals surface area contributed by atoms with Crippen LogP contribution in [-0.4, -0.2) is 35.3 Å². The summed E-state index contributed by atoms with van der Waals surface area (Å²) in [5.74, 6) is -0.653. The minimum atomic E-state index is -0.510. The molecule has 0 saturated carbocycles. The molecule has 0 fully saturated rings. The first-order valence-electron chi connectivity index (χ1n) is 11.3. The highest BCUT2D eigenvalue weighted by Gasteiger charge is 2.25. The van der Waals surface area contributed by atoms with Crippen molar-refractivity contribution in [2.45, 2.75) is 13.8 Å². The van der Waals surface area contributed by atoms with Crippen molar-refractivity contribution in [2.75, 3.05) is 18.5 Å². The van der Waals surface area contributed by atoms with Crippen molar-refractivity contribution in [3.63, 3.8) is 0 Å². The maximum Gasteiger partial charge on any atom is 0.342 e. The van der Waals surface area contributed by atoms with E-state index in [1.165, 1.54) is 0 Å². The zero-order valence-corrected chi connectivity index (χ0v) is 19.5. The quantitative estimate of drug-likeness (QED) is 0.322. The second kappa shape index (κ2) is 11.1. The van der Waals surface area contributed by atoms with Gasteiger partial charge in [-0.1, -0.05) is 60.7 Å². The molecule has 7 heteroatoms. The number of nitrogens with one attached hydrogen (secondary N) is 1. The number of carbonyl (C=O) groups excluding carboxylic acids is 2. The van der Waals surface area contributed by atoms with Gasteiger partial charge in [0.25, 0.3) is 0 Å². The fourth-order valence-electron chi connectivity index (χ4n) is 3.65. The Morgan fingerprint density at radius 3 is 1.89 bits per heavy atom. The van der Waals surface area contributed by atoms with Crippen LogP contribution < -0.4 is 5.32 Å². The summed E-state index contributed by atoms with van der Waals surface area (Å²) in [7, 11) is 0. The summed E-state index contributed by atoms with van der Waals surface area (Å²) in [5.41, 5.74) is 4.17. The minimum Gasteiger partial charge on any atom is -0.462 e. The second-order valence-corrected chi connectivity index (χ2v) is 7.52. The number of nitrogens with zero attached hydrogens (tertiary/aromatic N) is 2. The smallest absolute Gasteiger partial charge is 0.342 e. The number of benzene rings is 3. The number of rotatable bonds is 8. The Kier molecular flexibility index (Phi) is 7.47. The van der Waals surface area contributed by atoms with Crippen LogP contribution in [0.3, 0.4) is 0 Å². The Morgan fingerprint density at radius 1 is 0.714 bits per heavy atom. The van der Waals surface area contributed by atoms with Crippen LogP contribution in [0.2, 0.25) is 0 Å². The summed E-state index contributed by atoms with van der Waals surface area (Å²) in [4.78, 5) is 25.2. The maximum absolute atomic E-state index is 13.3. The number of hydrogen-bond acceptors (Lipinski definition) is 7. The molecular formula is C28H25N3O4. The normalized spacial score (nSPS) is 10.5. The van der Waals surface area contributed by atoms with Crippen molar-refractivity contribution < 1.29 is 19.1 Å². The van der Waals surface area contributed by atoms with Crippen LogP contribution in [0.5, 0.6) is 0 Å². The monoisotopic (exact) mass is 467 g/mol. The van der Waals surface area contributed by atoms with E-state index in [0.29, 0.717) is 29.1 Å². The van der Waals surface area contributed by atoms with Gasteiger partial charge in [-0.2, -0.15) is 0 Å². The van der Waals surface area contributed by atoms with E-state index < -0.39 is 11.9 Å². The third-order valence-electron chi connectivity index (χ3n) is 5.22. The van der Waals surface area contributed by atoms with Gasteiger partial charge in [-0.25, -0.2) is 9.59 Å². The largest absolute Gasteiger partial charge is 0.462 e. The summed E-state index contributed by atoms with van der Waals surface area (Å²) < 4.78 is 10.5. The van der Waals surface area contributed by atoms with Crippen LogP contribution >= 0.6 is 0 Å². The molecule has 0 aliphatic heterocycles. The van der Waals surface area contributed by atoms with E-state index >= 15 is 0 Å². The summed E-state index contributed by atoms with van der Waals surface area (Å²) in [6.45, 7) is 4.03. The molecule has 3 aromatic carbocycles. The van der Waals surface area contributed by atoms with Crippen molar-refractivity contribution in [2.24, 2.45) is 0 Å². The highest BCUT2D eigenvalue weighted by molar-refractivity contribution is 6.05. The third kappa shape index (κ3) is 5.35. The molecule has 0 bridgehead atoms. The predicted molar refractivity (Wildman–Crippen MR) is 135 cm³/mol. The van der Waals surface area contributed by atoms with Crippen LogP contribution in [0.25, 0.3) is 22.4 Å². The van der Waals surface area contributed by atoms with E-state index in [9.17, 15) is 9.59 Å². The maximum atomic E-state index is 13.3. The Labute approximate surface area is 203 Å². The summed E-state index contributed by atoms with van der Waals surface area (Å²) in [6, 6.07) is 25.9. The average Bonchev–Trinajstić information content (AvgIpc) is 2.90. The molecule has 1 N–H and O–H groups in total. The van der Waals surface area contributed by atoms with Crippen molar-refractivity contribution >= 4 is 23.4 Å². The van der Waals surface area contributed by atoms with E-state index in [-0.39, 0.29) is 18.0 Å². The van der Waals surface area contributed by atoms with Gasteiger partial charge in [0.05, 0.1) is 18.8 Å². The second-order valence-electron chi connectivity index (χ2n) is 7.52. The molecule has 0 spiro atoms. The van der Waals surface area contributed by atoms with Crippen LogP contribution in [0.15, 0.2) is 84.9 Å². The predicted octanol–water partition coefficient (Wildman–Crippen LogP) is 5.91. The number of anilines is 2. The lowest BCUT2D eigenvalue weighted by Gasteiger charge is -2.17. The van der Waals surface area contributed by atoms with E-state index in [2.05, 4.69) is 15.5 Å². The Morgan fingerprint density at radius 2 is 1.29 bits per heavy atom. The van der Waals surface area contributed by atoms with E-state index in [4.69, 9.17) is 9.47 Å². The summed E-state index contributed by atoms with van der Waals surface area (Å²) in [5, 5.41) is 12.0. The summed E-state index contributed by atoms with van der Waals surface area (Å²) >= 11 is 0. The number of esters is 2. The lowest BCUT2D eigenvalue weighted by atomic mass is 9.95. The van der Waals surface area contributed by atoms with Crippen molar-refractivity contribution in [3.8, 4) is 22.4 Å². The van der Waals surface area contributed by atoms with Gasteiger partial charge in [0.2, 0.25) is 0 Å². The zero-order chi connectivity index (χ0) is 24.6. The van der Waals surface area contributed by atoms with Crippen molar-refractivity contribution in [1.82, 2.24) is 10.2 Å². The van der Waals surface area contributed by atoms with E-state index in [0.717, 1.165) is 11.1 Å². The van der Waals surface area contributed by atoms with Gasteiger partial charge >= 0.3 is 11.9 Å². The molecule has 0 amide bonds. The molecule has 0 aliphatic carbocycles. The molecule has 176 valence electrons. The van der Waals surface area contributed by atoms with Gasteiger partial charge < -0.3 is 14.8 Å².